The highest BCUT2D eigenvalue weighted by Crippen LogP contribution is 2.76. The van der Waals surface area contributed by atoms with Crippen LogP contribution >= 0.6 is 0 Å². The second-order valence-corrected chi connectivity index (χ2v) is 14.9. The molecule has 1 N–H and O–H groups in total. The van der Waals surface area contributed by atoms with Gasteiger partial charge in [0, 0.05) is 39.0 Å². The van der Waals surface area contributed by atoms with Gasteiger partial charge in [-0.1, -0.05) is 27.7 Å². The van der Waals surface area contributed by atoms with Crippen molar-refractivity contribution in [1.82, 2.24) is 0 Å². The van der Waals surface area contributed by atoms with Gasteiger partial charge in [0.15, 0.2) is 5.60 Å². The van der Waals surface area contributed by atoms with Crippen LogP contribution in [0.3, 0.4) is 0 Å². The second-order valence-electron chi connectivity index (χ2n) is 14.9. The third kappa shape index (κ3) is 4.34. The van der Waals surface area contributed by atoms with E-state index in [1.165, 1.54) is 27.9 Å². The van der Waals surface area contributed by atoms with E-state index in [0.717, 1.165) is 12.8 Å². The molecule has 0 unspecified atom stereocenters. The number of aliphatic hydroxyl groups is 1. The van der Waals surface area contributed by atoms with Crippen molar-refractivity contribution in [3.05, 3.63) is 0 Å². The zero-order valence-electron chi connectivity index (χ0n) is 27.2. The predicted molar refractivity (Wildman–Crippen MR) is 153 cm³/mol. The SMILES string of the molecule is COC(=O)[C@@]1([C@@]2(O)[C@@H](OC(C)=O)C[C@@]3(C)[C@H]2C[C@@H](OC(C)=O)[C@H]2[C@@]4(C)CC[C@@H](OC(C)=O)[C@@H](C)[C@@H]4CC[C@@]23C)CCC(=O)O1. The van der Waals surface area contributed by atoms with Crippen molar-refractivity contribution in [2.24, 2.45) is 39.9 Å². The fourth-order valence-corrected chi connectivity index (χ4v) is 11.3. The fourth-order valence-electron chi connectivity index (χ4n) is 11.3. The molecule has 246 valence electrons. The number of ether oxygens (including phenoxy) is 5. The summed E-state index contributed by atoms with van der Waals surface area (Å²) in [5.74, 6) is -3.60. The van der Waals surface area contributed by atoms with E-state index in [4.69, 9.17) is 23.7 Å². The minimum atomic E-state index is -2.14. The average Bonchev–Trinajstić information content (AvgIpc) is 3.42. The van der Waals surface area contributed by atoms with Crippen molar-refractivity contribution in [2.75, 3.05) is 7.11 Å². The molecule has 5 rings (SSSR count). The van der Waals surface area contributed by atoms with Crippen molar-refractivity contribution in [3.63, 3.8) is 0 Å². The number of rotatable bonds is 5. The molecule has 12 atom stereocenters. The molecule has 0 bridgehead atoms. The van der Waals surface area contributed by atoms with Gasteiger partial charge in [0.1, 0.15) is 18.3 Å². The third-order valence-corrected chi connectivity index (χ3v) is 13.0. The first kappa shape index (κ1) is 32.7. The number of hydrogen-bond donors (Lipinski definition) is 1. The van der Waals surface area contributed by atoms with Gasteiger partial charge in [-0.2, -0.15) is 0 Å². The Bertz CT molecular complexity index is 1250. The first-order valence-corrected chi connectivity index (χ1v) is 16.0. The van der Waals surface area contributed by atoms with Crippen LogP contribution in [0.2, 0.25) is 0 Å². The molecule has 5 fully saturated rings. The first-order valence-electron chi connectivity index (χ1n) is 16.0. The minimum absolute atomic E-state index is 0.0838. The summed E-state index contributed by atoms with van der Waals surface area (Å²) in [7, 11) is 1.17. The molecule has 44 heavy (non-hydrogen) atoms. The molecule has 0 aromatic heterocycles. The molecule has 0 aromatic carbocycles. The standard InChI is InChI=1S/C33H48O11/c1-17-21-9-13-30(6)27(29(21,5)12-10-22(17)41-18(2)34)23(42-19(3)35)15-24-31(30,7)16-25(43-20(4)36)33(24,39)32(28(38)40-8)14-11-26(37)44-32/h17,21-25,27,39H,9-16H2,1-8H3/t17-,21-,22+,23+,24+,25-,27-,29-,30-,31-,32+,33-/m0/s1. The van der Waals surface area contributed by atoms with Crippen LogP contribution in [0, 0.1) is 39.9 Å². The van der Waals surface area contributed by atoms with E-state index in [0.29, 0.717) is 12.8 Å². The molecule has 4 aliphatic carbocycles. The van der Waals surface area contributed by atoms with Gasteiger partial charge in [-0.05, 0) is 66.6 Å². The highest BCUT2D eigenvalue weighted by molar-refractivity contribution is 5.89. The van der Waals surface area contributed by atoms with Crippen molar-refractivity contribution in [3.8, 4) is 0 Å². The van der Waals surface area contributed by atoms with Crippen LogP contribution in [0.4, 0.5) is 0 Å². The van der Waals surface area contributed by atoms with Crippen LogP contribution in [0.1, 0.15) is 99.8 Å². The lowest BCUT2D eigenvalue weighted by molar-refractivity contribution is -0.274. The maximum Gasteiger partial charge on any atom is 0.353 e. The van der Waals surface area contributed by atoms with Crippen LogP contribution < -0.4 is 0 Å². The summed E-state index contributed by atoms with van der Waals surface area (Å²) in [6.07, 6.45) is 1.06. The molecule has 11 heteroatoms. The molecule has 1 saturated heterocycles. The summed E-state index contributed by atoms with van der Waals surface area (Å²) in [4.78, 5) is 63.3. The molecular weight excluding hydrogens is 572 g/mol. The minimum Gasteiger partial charge on any atom is -0.466 e. The molecule has 0 aromatic rings. The van der Waals surface area contributed by atoms with E-state index in [1.54, 1.807) is 0 Å². The summed E-state index contributed by atoms with van der Waals surface area (Å²) < 4.78 is 28.6. The van der Waals surface area contributed by atoms with Crippen LogP contribution in [-0.4, -0.2) is 71.6 Å². The van der Waals surface area contributed by atoms with E-state index in [9.17, 15) is 29.1 Å². The molecule has 4 saturated carbocycles. The highest BCUT2D eigenvalue weighted by Gasteiger charge is 2.81. The summed E-state index contributed by atoms with van der Waals surface area (Å²) in [5, 5.41) is 13.0. The van der Waals surface area contributed by atoms with E-state index in [2.05, 4.69) is 27.7 Å². The van der Waals surface area contributed by atoms with Crippen LogP contribution in [0.15, 0.2) is 0 Å². The van der Waals surface area contributed by atoms with E-state index >= 15 is 0 Å². The molecule has 0 spiro atoms. The Morgan fingerprint density at radius 2 is 1.48 bits per heavy atom. The van der Waals surface area contributed by atoms with Crippen LogP contribution in [0.25, 0.3) is 0 Å². The largest absolute Gasteiger partial charge is 0.466 e. The zero-order chi connectivity index (χ0) is 32.6. The summed E-state index contributed by atoms with van der Waals surface area (Å²) >= 11 is 0. The van der Waals surface area contributed by atoms with Gasteiger partial charge in [-0.15, -0.1) is 0 Å². The molecule has 0 radical (unpaired) electrons. The van der Waals surface area contributed by atoms with Crippen molar-refractivity contribution in [2.45, 2.75) is 129 Å². The number of carbonyl (C=O) groups excluding carboxylic acids is 5. The number of carbonyl (C=O) groups is 5. The van der Waals surface area contributed by atoms with E-state index < -0.39 is 64.0 Å². The molecule has 5 aliphatic rings. The normalized spacial score (nSPS) is 47.8. The Kier molecular flexibility index (Phi) is 7.95. The predicted octanol–water partition coefficient (Wildman–Crippen LogP) is 3.66. The van der Waals surface area contributed by atoms with Gasteiger partial charge < -0.3 is 28.8 Å². The summed E-state index contributed by atoms with van der Waals surface area (Å²) in [6, 6.07) is 0. The van der Waals surface area contributed by atoms with Crippen molar-refractivity contribution >= 4 is 29.8 Å². The second kappa shape index (κ2) is 10.7. The first-order chi connectivity index (χ1) is 20.4. The smallest absolute Gasteiger partial charge is 0.353 e. The van der Waals surface area contributed by atoms with Gasteiger partial charge in [0.25, 0.3) is 0 Å². The number of cyclic esters (lactones) is 1. The molecule has 1 heterocycles. The Labute approximate surface area is 259 Å². The number of hydrogen-bond acceptors (Lipinski definition) is 11. The number of methoxy groups -OCH3 is 1. The van der Waals surface area contributed by atoms with Crippen LogP contribution in [-0.2, 0) is 47.7 Å². The summed E-state index contributed by atoms with van der Waals surface area (Å²) in [6.45, 7) is 12.7. The van der Waals surface area contributed by atoms with Gasteiger partial charge in [0.2, 0.25) is 5.60 Å². The third-order valence-electron chi connectivity index (χ3n) is 13.0. The zero-order valence-corrected chi connectivity index (χ0v) is 27.2. The molecule has 0 amide bonds. The lowest BCUT2D eigenvalue weighted by Gasteiger charge is -2.69. The Balaban J connectivity index is 1.67. The fraction of sp³-hybridized carbons (Fsp3) is 0.848. The maximum atomic E-state index is 13.6. The topological polar surface area (TPSA) is 152 Å². The lowest BCUT2D eigenvalue weighted by Crippen LogP contribution is -2.72. The quantitative estimate of drug-likeness (QED) is 0.354. The monoisotopic (exact) mass is 620 g/mol. The van der Waals surface area contributed by atoms with Gasteiger partial charge in [-0.25, -0.2) is 4.79 Å². The van der Waals surface area contributed by atoms with E-state index in [1.807, 2.05) is 0 Å². The Hall–Kier alpha value is -2.69. The van der Waals surface area contributed by atoms with Crippen molar-refractivity contribution in [1.29, 1.82) is 0 Å². The molecule has 11 nitrogen and oxygen atoms in total. The molecule has 1 aliphatic heterocycles. The Morgan fingerprint density at radius 1 is 0.864 bits per heavy atom. The number of esters is 5. The average molecular weight is 621 g/mol. The Morgan fingerprint density at radius 3 is 2.02 bits per heavy atom. The van der Waals surface area contributed by atoms with Gasteiger partial charge in [0.05, 0.1) is 13.5 Å². The summed E-state index contributed by atoms with van der Waals surface area (Å²) in [5.41, 5.74) is -5.84. The van der Waals surface area contributed by atoms with Crippen LogP contribution in [0.5, 0.6) is 0 Å². The van der Waals surface area contributed by atoms with Crippen molar-refractivity contribution < 1.29 is 52.8 Å². The van der Waals surface area contributed by atoms with Gasteiger partial charge >= 0.3 is 29.8 Å². The molecular formula is C33H48O11. The van der Waals surface area contributed by atoms with E-state index in [-0.39, 0.29) is 60.9 Å². The lowest BCUT2D eigenvalue weighted by atomic mass is 9.36. The number of fused-ring (bicyclic) bond motifs is 5. The van der Waals surface area contributed by atoms with Gasteiger partial charge in [-0.3, -0.25) is 19.2 Å². The highest BCUT2D eigenvalue weighted by atomic mass is 16.6. The maximum absolute atomic E-state index is 13.6.